The van der Waals surface area contributed by atoms with E-state index in [1.807, 2.05) is 42.5 Å². The fourth-order valence-corrected chi connectivity index (χ4v) is 4.00. The highest BCUT2D eigenvalue weighted by Crippen LogP contribution is 2.34. The van der Waals surface area contributed by atoms with Crippen LogP contribution < -0.4 is 14.2 Å². The van der Waals surface area contributed by atoms with Crippen LogP contribution in [-0.4, -0.2) is 42.5 Å². The van der Waals surface area contributed by atoms with Crippen LogP contribution in [0.2, 0.25) is 0 Å². The molecule has 1 heterocycles. The van der Waals surface area contributed by atoms with Gasteiger partial charge in [-0.1, -0.05) is 46.0 Å². The van der Waals surface area contributed by atoms with E-state index in [0.29, 0.717) is 33.9 Å². The van der Waals surface area contributed by atoms with Crippen LogP contribution in [0.5, 0.6) is 17.2 Å². The normalized spacial score (nSPS) is 15.2. The Bertz CT molecular complexity index is 932. The SMILES string of the molecule is COc1cccc(OCCOc2ccc(Br)cc2/C=C2/SC(=S)N(C)C2=O)c1. The Morgan fingerprint density at radius 3 is 2.61 bits per heavy atom. The maximum atomic E-state index is 12.3. The molecule has 0 bridgehead atoms. The first-order valence-corrected chi connectivity index (χ1v) is 10.4. The molecule has 0 atom stereocenters. The lowest BCUT2D eigenvalue weighted by molar-refractivity contribution is -0.121. The second kappa shape index (κ2) is 9.45. The van der Waals surface area contributed by atoms with Crippen molar-refractivity contribution in [1.29, 1.82) is 0 Å². The van der Waals surface area contributed by atoms with Crippen molar-refractivity contribution in [2.24, 2.45) is 0 Å². The number of carbonyl (C=O) groups excluding carboxylic acids is 1. The quantitative estimate of drug-likeness (QED) is 0.324. The number of nitrogens with zero attached hydrogens (tertiary/aromatic N) is 1. The first-order valence-electron chi connectivity index (χ1n) is 8.38. The van der Waals surface area contributed by atoms with E-state index in [1.165, 1.54) is 16.7 Å². The van der Waals surface area contributed by atoms with Crippen molar-refractivity contribution >= 4 is 56.2 Å². The minimum Gasteiger partial charge on any atom is -0.497 e. The molecule has 0 saturated carbocycles. The molecule has 0 radical (unpaired) electrons. The van der Waals surface area contributed by atoms with Crippen LogP contribution in [0.1, 0.15) is 5.56 Å². The van der Waals surface area contributed by atoms with Gasteiger partial charge in [-0.25, -0.2) is 0 Å². The summed E-state index contributed by atoms with van der Waals surface area (Å²) in [6.45, 7) is 0.730. The van der Waals surface area contributed by atoms with E-state index in [4.69, 9.17) is 26.4 Å². The molecule has 1 saturated heterocycles. The second-order valence-electron chi connectivity index (χ2n) is 5.80. The third-order valence-corrected chi connectivity index (χ3v) is 5.87. The summed E-state index contributed by atoms with van der Waals surface area (Å²) in [6.07, 6.45) is 1.80. The molecule has 0 N–H and O–H groups in total. The molecule has 0 aromatic heterocycles. The molecular weight excluding hydrogens is 462 g/mol. The summed E-state index contributed by atoms with van der Waals surface area (Å²) in [5.41, 5.74) is 0.796. The standard InChI is InChI=1S/C20H18BrNO4S2/c1-22-19(23)18(28-20(22)27)11-13-10-14(21)6-7-17(13)26-9-8-25-16-5-3-4-15(12-16)24-2/h3-7,10-12H,8-9H2,1-2H3/b18-11+. The van der Waals surface area contributed by atoms with Gasteiger partial charge in [0.25, 0.3) is 5.91 Å². The van der Waals surface area contributed by atoms with Crippen molar-refractivity contribution < 1.29 is 19.0 Å². The molecule has 8 heteroatoms. The van der Waals surface area contributed by atoms with Crippen LogP contribution in [0.3, 0.4) is 0 Å². The number of methoxy groups -OCH3 is 1. The minimum absolute atomic E-state index is 0.109. The van der Waals surface area contributed by atoms with Crippen molar-refractivity contribution in [2.45, 2.75) is 0 Å². The highest BCUT2D eigenvalue weighted by atomic mass is 79.9. The molecule has 2 aromatic rings. The molecule has 1 aliphatic rings. The number of thiocarbonyl (C=S) groups is 1. The van der Waals surface area contributed by atoms with Crippen LogP contribution in [-0.2, 0) is 4.79 Å². The Kier molecular flexibility index (Phi) is 6.98. The maximum Gasteiger partial charge on any atom is 0.265 e. The molecule has 5 nitrogen and oxygen atoms in total. The molecule has 0 spiro atoms. The highest BCUT2D eigenvalue weighted by molar-refractivity contribution is 9.10. The number of amides is 1. The Balaban J connectivity index is 1.66. The van der Waals surface area contributed by atoms with Crippen LogP contribution in [0.4, 0.5) is 0 Å². The van der Waals surface area contributed by atoms with E-state index in [2.05, 4.69) is 15.9 Å². The van der Waals surface area contributed by atoms with Gasteiger partial charge in [-0.3, -0.25) is 9.69 Å². The van der Waals surface area contributed by atoms with E-state index in [-0.39, 0.29) is 5.91 Å². The van der Waals surface area contributed by atoms with Crippen molar-refractivity contribution in [2.75, 3.05) is 27.4 Å². The van der Waals surface area contributed by atoms with Gasteiger partial charge in [0, 0.05) is 23.2 Å². The lowest BCUT2D eigenvalue weighted by Gasteiger charge is -2.12. The lowest BCUT2D eigenvalue weighted by atomic mass is 10.2. The summed E-state index contributed by atoms with van der Waals surface area (Å²) >= 11 is 9.93. The molecule has 0 unspecified atom stereocenters. The number of rotatable bonds is 7. The molecule has 1 aliphatic heterocycles. The van der Waals surface area contributed by atoms with Gasteiger partial charge < -0.3 is 14.2 Å². The molecule has 3 rings (SSSR count). The average Bonchev–Trinajstić information content (AvgIpc) is 2.93. The molecule has 1 fully saturated rings. The zero-order valence-corrected chi connectivity index (χ0v) is 18.5. The Labute approximate surface area is 181 Å². The first kappa shape index (κ1) is 20.7. The van der Waals surface area contributed by atoms with Gasteiger partial charge >= 0.3 is 0 Å². The lowest BCUT2D eigenvalue weighted by Crippen LogP contribution is -2.22. The smallest absolute Gasteiger partial charge is 0.265 e. The number of carbonyl (C=O) groups is 1. The van der Waals surface area contributed by atoms with Gasteiger partial charge in [0.1, 0.15) is 34.8 Å². The summed E-state index contributed by atoms with van der Waals surface area (Å²) in [7, 11) is 3.29. The number of hydrogen-bond donors (Lipinski definition) is 0. The number of benzene rings is 2. The van der Waals surface area contributed by atoms with Crippen LogP contribution in [0.15, 0.2) is 51.8 Å². The van der Waals surface area contributed by atoms with Gasteiger partial charge in [-0.05, 0) is 36.4 Å². The second-order valence-corrected chi connectivity index (χ2v) is 8.39. The summed E-state index contributed by atoms with van der Waals surface area (Å²) in [6, 6.07) is 13.1. The van der Waals surface area contributed by atoms with E-state index in [0.717, 1.165) is 15.8 Å². The van der Waals surface area contributed by atoms with Crippen LogP contribution in [0.25, 0.3) is 6.08 Å². The predicted octanol–water partition coefficient (Wildman–Crippen LogP) is 4.75. The summed E-state index contributed by atoms with van der Waals surface area (Å²) in [5.74, 6) is 2.01. The highest BCUT2D eigenvalue weighted by Gasteiger charge is 2.28. The van der Waals surface area contributed by atoms with Crippen molar-refractivity contribution in [3.05, 3.63) is 57.4 Å². The maximum absolute atomic E-state index is 12.3. The fourth-order valence-electron chi connectivity index (χ4n) is 2.45. The fraction of sp³-hybridized carbons (Fsp3) is 0.200. The largest absolute Gasteiger partial charge is 0.497 e. The molecule has 2 aromatic carbocycles. The van der Waals surface area contributed by atoms with Crippen molar-refractivity contribution in [3.8, 4) is 17.2 Å². The number of likely N-dealkylation sites (N-methyl/N-ethyl adjacent to an activating group) is 1. The summed E-state index contributed by atoms with van der Waals surface area (Å²) in [5, 5.41) is 0. The third-order valence-electron chi connectivity index (χ3n) is 3.90. The van der Waals surface area contributed by atoms with Gasteiger partial charge in [-0.2, -0.15) is 0 Å². The van der Waals surface area contributed by atoms with Gasteiger partial charge in [0.2, 0.25) is 0 Å². The number of halogens is 1. The predicted molar refractivity (Wildman–Crippen MR) is 119 cm³/mol. The van der Waals surface area contributed by atoms with Crippen LogP contribution in [0, 0.1) is 0 Å². The van der Waals surface area contributed by atoms with Crippen LogP contribution >= 0.6 is 39.9 Å². The van der Waals surface area contributed by atoms with Crippen molar-refractivity contribution in [1.82, 2.24) is 4.90 Å². The van der Waals surface area contributed by atoms with E-state index >= 15 is 0 Å². The molecule has 0 aliphatic carbocycles. The Hall–Kier alpha value is -2.03. The molecule has 146 valence electrons. The van der Waals surface area contributed by atoms with Crippen molar-refractivity contribution in [3.63, 3.8) is 0 Å². The van der Waals surface area contributed by atoms with E-state index < -0.39 is 0 Å². The Morgan fingerprint density at radius 1 is 1.14 bits per heavy atom. The average molecular weight is 480 g/mol. The van der Waals surface area contributed by atoms with E-state index in [9.17, 15) is 4.79 Å². The third kappa shape index (κ3) is 5.06. The molecule has 1 amide bonds. The first-order chi connectivity index (χ1) is 13.5. The number of thioether (sulfide) groups is 1. The zero-order valence-electron chi connectivity index (χ0n) is 15.3. The van der Waals surface area contributed by atoms with Gasteiger partial charge in [0.05, 0.1) is 12.0 Å². The zero-order chi connectivity index (χ0) is 20.1. The number of hydrogen-bond acceptors (Lipinski definition) is 6. The minimum atomic E-state index is -0.109. The van der Waals surface area contributed by atoms with E-state index in [1.54, 1.807) is 20.2 Å². The molecule has 28 heavy (non-hydrogen) atoms. The monoisotopic (exact) mass is 479 g/mol. The van der Waals surface area contributed by atoms with Gasteiger partial charge in [-0.15, -0.1) is 0 Å². The summed E-state index contributed by atoms with van der Waals surface area (Å²) < 4.78 is 18.2. The number of ether oxygens (including phenoxy) is 3. The Morgan fingerprint density at radius 2 is 1.89 bits per heavy atom. The topological polar surface area (TPSA) is 48.0 Å². The molecular formula is C20H18BrNO4S2. The van der Waals surface area contributed by atoms with Gasteiger partial charge in [0.15, 0.2) is 0 Å². The summed E-state index contributed by atoms with van der Waals surface area (Å²) in [4.78, 5) is 14.3.